The third kappa shape index (κ3) is 4.30. The standard InChI is InChI=1S/C15H19Br2N3O2/c1-9(20-6-4-10(5-7-20)14(18)21)15(22)19-13-3-2-11(16)8-12(13)17/h2-3,8-10H,4-7H2,1H3,(H2,18,21)(H,19,22). The summed E-state index contributed by atoms with van der Waals surface area (Å²) in [5, 5.41) is 2.93. The highest BCUT2D eigenvalue weighted by Crippen LogP contribution is 2.27. The van der Waals surface area contributed by atoms with E-state index in [1.807, 2.05) is 25.1 Å². The number of hydrogen-bond acceptors (Lipinski definition) is 3. The Bertz CT molecular complexity index is 572. The topological polar surface area (TPSA) is 75.4 Å². The molecule has 5 nitrogen and oxygen atoms in total. The van der Waals surface area contributed by atoms with Crippen molar-refractivity contribution in [2.45, 2.75) is 25.8 Å². The third-order valence-corrected chi connectivity index (χ3v) is 5.20. The third-order valence-electron chi connectivity index (χ3n) is 4.05. The Kier molecular flexibility index (Phi) is 6.00. The summed E-state index contributed by atoms with van der Waals surface area (Å²) in [6.07, 6.45) is 1.43. The molecule has 2 rings (SSSR count). The molecule has 1 aliphatic heterocycles. The first-order chi connectivity index (χ1) is 10.4. The van der Waals surface area contributed by atoms with Crippen molar-refractivity contribution in [3.63, 3.8) is 0 Å². The minimum atomic E-state index is -0.246. The predicted octanol–water partition coefficient (Wildman–Crippen LogP) is 2.74. The minimum absolute atomic E-state index is 0.0550. The second-order valence-electron chi connectivity index (χ2n) is 5.50. The molecule has 1 atom stereocenters. The highest BCUT2D eigenvalue weighted by Gasteiger charge is 2.28. The van der Waals surface area contributed by atoms with E-state index in [0.717, 1.165) is 27.5 Å². The van der Waals surface area contributed by atoms with Crippen LogP contribution in [0.25, 0.3) is 0 Å². The molecule has 0 aliphatic carbocycles. The van der Waals surface area contributed by atoms with Crippen molar-refractivity contribution in [1.82, 2.24) is 4.90 Å². The van der Waals surface area contributed by atoms with Crippen LogP contribution in [-0.2, 0) is 9.59 Å². The summed E-state index contributed by atoms with van der Waals surface area (Å²) in [4.78, 5) is 25.7. The number of carbonyl (C=O) groups excluding carboxylic acids is 2. The van der Waals surface area contributed by atoms with E-state index in [0.29, 0.717) is 13.1 Å². The molecule has 1 aromatic carbocycles. The van der Waals surface area contributed by atoms with Crippen molar-refractivity contribution in [2.75, 3.05) is 18.4 Å². The first-order valence-corrected chi connectivity index (χ1v) is 8.76. The molecule has 0 spiro atoms. The van der Waals surface area contributed by atoms with Crippen LogP contribution >= 0.6 is 31.9 Å². The number of carbonyl (C=O) groups is 2. The van der Waals surface area contributed by atoms with Crippen LogP contribution in [0.3, 0.4) is 0 Å². The maximum absolute atomic E-state index is 12.4. The van der Waals surface area contributed by atoms with Crippen molar-refractivity contribution in [3.05, 3.63) is 27.1 Å². The molecule has 3 N–H and O–H groups in total. The monoisotopic (exact) mass is 431 g/mol. The number of amides is 2. The van der Waals surface area contributed by atoms with Crippen molar-refractivity contribution < 1.29 is 9.59 Å². The number of nitrogens with zero attached hydrogens (tertiary/aromatic N) is 1. The van der Waals surface area contributed by atoms with Gasteiger partial charge in [-0.05, 0) is 67.0 Å². The van der Waals surface area contributed by atoms with E-state index in [1.165, 1.54) is 0 Å². The number of anilines is 1. The number of nitrogens with one attached hydrogen (secondary N) is 1. The smallest absolute Gasteiger partial charge is 0.241 e. The maximum atomic E-state index is 12.4. The summed E-state index contributed by atoms with van der Waals surface area (Å²) < 4.78 is 1.77. The van der Waals surface area contributed by atoms with Gasteiger partial charge in [-0.25, -0.2) is 0 Å². The van der Waals surface area contributed by atoms with Gasteiger partial charge in [0.25, 0.3) is 0 Å². The number of halogens is 2. The molecule has 1 saturated heterocycles. The molecule has 120 valence electrons. The molecule has 0 aromatic heterocycles. The SMILES string of the molecule is CC(C(=O)Nc1ccc(Br)cc1Br)N1CCC(C(N)=O)CC1. The summed E-state index contributed by atoms with van der Waals surface area (Å²) in [7, 11) is 0. The minimum Gasteiger partial charge on any atom is -0.369 e. The van der Waals surface area contributed by atoms with E-state index in [-0.39, 0.29) is 23.8 Å². The van der Waals surface area contributed by atoms with Gasteiger partial charge >= 0.3 is 0 Å². The molecule has 1 fully saturated rings. The largest absolute Gasteiger partial charge is 0.369 e. The lowest BCUT2D eigenvalue weighted by molar-refractivity contribution is -0.124. The van der Waals surface area contributed by atoms with Crippen molar-refractivity contribution in [3.8, 4) is 0 Å². The molecular weight excluding hydrogens is 414 g/mol. The zero-order valence-corrected chi connectivity index (χ0v) is 15.5. The van der Waals surface area contributed by atoms with E-state index in [1.54, 1.807) is 0 Å². The normalized spacial score (nSPS) is 18.0. The van der Waals surface area contributed by atoms with Crippen LogP contribution in [0.4, 0.5) is 5.69 Å². The number of hydrogen-bond donors (Lipinski definition) is 2. The van der Waals surface area contributed by atoms with Gasteiger partial charge in [0.2, 0.25) is 11.8 Å². The number of nitrogens with two attached hydrogens (primary N) is 1. The summed E-state index contributed by atoms with van der Waals surface area (Å²) in [6, 6.07) is 5.37. The summed E-state index contributed by atoms with van der Waals surface area (Å²) >= 11 is 6.82. The van der Waals surface area contributed by atoms with Crippen LogP contribution in [-0.4, -0.2) is 35.8 Å². The van der Waals surface area contributed by atoms with E-state index >= 15 is 0 Å². The molecule has 1 heterocycles. The second kappa shape index (κ2) is 7.57. The van der Waals surface area contributed by atoms with E-state index < -0.39 is 0 Å². The average molecular weight is 433 g/mol. The van der Waals surface area contributed by atoms with E-state index in [2.05, 4.69) is 42.1 Å². The number of primary amides is 1. The van der Waals surface area contributed by atoms with Crippen molar-refractivity contribution in [2.24, 2.45) is 11.7 Å². The Morgan fingerprint density at radius 3 is 2.50 bits per heavy atom. The molecule has 2 amide bonds. The van der Waals surface area contributed by atoms with Gasteiger partial charge in [0.15, 0.2) is 0 Å². The van der Waals surface area contributed by atoms with Gasteiger partial charge in [0, 0.05) is 14.9 Å². The first-order valence-electron chi connectivity index (χ1n) is 7.17. The fourth-order valence-electron chi connectivity index (χ4n) is 2.57. The highest BCUT2D eigenvalue weighted by molar-refractivity contribution is 9.11. The quantitative estimate of drug-likeness (QED) is 0.767. The average Bonchev–Trinajstić information content (AvgIpc) is 2.49. The lowest BCUT2D eigenvalue weighted by Crippen LogP contribution is -2.47. The predicted molar refractivity (Wildman–Crippen MR) is 93.4 cm³/mol. The summed E-state index contributed by atoms with van der Waals surface area (Å²) in [5.74, 6) is -0.358. The Morgan fingerprint density at radius 2 is 1.95 bits per heavy atom. The molecule has 0 bridgehead atoms. The van der Waals surface area contributed by atoms with Crippen molar-refractivity contribution in [1.29, 1.82) is 0 Å². The van der Waals surface area contributed by atoms with Gasteiger partial charge < -0.3 is 11.1 Å². The fourth-order valence-corrected chi connectivity index (χ4v) is 3.71. The molecule has 0 radical (unpaired) electrons. The molecule has 1 aliphatic rings. The number of benzene rings is 1. The van der Waals surface area contributed by atoms with Gasteiger partial charge in [0.1, 0.15) is 0 Å². The fraction of sp³-hybridized carbons (Fsp3) is 0.467. The van der Waals surface area contributed by atoms with E-state index in [9.17, 15) is 9.59 Å². The Morgan fingerprint density at radius 1 is 1.32 bits per heavy atom. The molecule has 22 heavy (non-hydrogen) atoms. The van der Waals surface area contributed by atoms with Gasteiger partial charge in [-0.3, -0.25) is 14.5 Å². The van der Waals surface area contributed by atoms with Crippen LogP contribution < -0.4 is 11.1 Å². The Balaban J connectivity index is 1.94. The molecule has 7 heteroatoms. The Hall–Kier alpha value is -0.920. The Labute approximate surface area is 146 Å². The number of likely N-dealkylation sites (tertiary alicyclic amines) is 1. The van der Waals surface area contributed by atoms with E-state index in [4.69, 9.17) is 5.73 Å². The molecule has 0 saturated carbocycles. The number of rotatable bonds is 4. The van der Waals surface area contributed by atoms with Gasteiger partial charge in [-0.2, -0.15) is 0 Å². The first kappa shape index (κ1) is 17.4. The highest BCUT2D eigenvalue weighted by atomic mass is 79.9. The van der Waals surface area contributed by atoms with Crippen LogP contribution in [0.1, 0.15) is 19.8 Å². The second-order valence-corrected chi connectivity index (χ2v) is 7.27. The lowest BCUT2D eigenvalue weighted by Gasteiger charge is -2.34. The van der Waals surface area contributed by atoms with Crippen molar-refractivity contribution >= 4 is 49.4 Å². The summed E-state index contributed by atoms with van der Waals surface area (Å²) in [6.45, 7) is 3.31. The zero-order chi connectivity index (χ0) is 16.3. The molecule has 1 unspecified atom stereocenters. The lowest BCUT2D eigenvalue weighted by atomic mass is 9.95. The summed E-state index contributed by atoms with van der Waals surface area (Å²) in [5.41, 5.74) is 6.08. The molecular formula is C15H19Br2N3O2. The van der Waals surface area contributed by atoms with Gasteiger partial charge in [-0.1, -0.05) is 15.9 Å². The zero-order valence-electron chi connectivity index (χ0n) is 12.3. The molecule has 1 aromatic rings. The van der Waals surface area contributed by atoms with Crippen LogP contribution in [0.2, 0.25) is 0 Å². The van der Waals surface area contributed by atoms with Crippen LogP contribution in [0, 0.1) is 5.92 Å². The van der Waals surface area contributed by atoms with Crippen LogP contribution in [0.5, 0.6) is 0 Å². The maximum Gasteiger partial charge on any atom is 0.241 e. The van der Waals surface area contributed by atoms with Crippen LogP contribution in [0.15, 0.2) is 27.1 Å². The number of piperidine rings is 1. The van der Waals surface area contributed by atoms with Gasteiger partial charge in [-0.15, -0.1) is 0 Å². The van der Waals surface area contributed by atoms with Gasteiger partial charge in [0.05, 0.1) is 11.7 Å².